The molecular formula is C29H29F2N5O5. The minimum Gasteiger partial charge on any atom is -0.434 e. The smallest absolute Gasteiger partial charge is 0.434 e. The van der Waals surface area contributed by atoms with E-state index in [1.165, 1.54) is 6.07 Å². The van der Waals surface area contributed by atoms with Gasteiger partial charge in [-0.15, -0.1) is 0 Å². The third kappa shape index (κ3) is 5.35. The maximum absolute atomic E-state index is 13.1. The van der Waals surface area contributed by atoms with Crippen LogP contribution in [0.4, 0.5) is 14.6 Å². The summed E-state index contributed by atoms with van der Waals surface area (Å²) < 4.78 is 47.9. The molecule has 3 aromatic heterocycles. The Balaban J connectivity index is 1.07. The molecule has 2 saturated carbocycles. The van der Waals surface area contributed by atoms with Gasteiger partial charge in [-0.05, 0) is 68.7 Å². The second kappa shape index (κ2) is 10.7. The standard InChI is InChI=1S/C29H29F2N5O5/c30-28(31)39-23-4-2-1-3-21(23)25-22(26(40-34-25)17-6-7-17)15-38-20-9-5-16-11-19(12-20)36(14-16)24-10-8-18(13-32-24)27-33-29(37)41-35-27/h1-4,8,10,13,16-17,19-20,28H,5-7,9,11-12,14-15H2,(H,33,35,37)/t16?,19-,20-/m1/s1. The van der Waals surface area contributed by atoms with Crippen molar-refractivity contribution in [2.45, 2.75) is 69.8 Å². The van der Waals surface area contributed by atoms with E-state index in [4.69, 9.17) is 14.0 Å². The van der Waals surface area contributed by atoms with Crippen LogP contribution in [0.2, 0.25) is 0 Å². The summed E-state index contributed by atoms with van der Waals surface area (Å²) in [7, 11) is 0. The number of anilines is 1. The molecule has 3 aliphatic rings. The van der Waals surface area contributed by atoms with E-state index in [0.717, 1.165) is 62.2 Å². The molecule has 2 aliphatic carbocycles. The zero-order valence-electron chi connectivity index (χ0n) is 22.2. The van der Waals surface area contributed by atoms with Gasteiger partial charge in [0.25, 0.3) is 0 Å². The lowest BCUT2D eigenvalue weighted by atomic mass is 10.0. The van der Waals surface area contributed by atoms with Crippen LogP contribution in [0.3, 0.4) is 0 Å². The summed E-state index contributed by atoms with van der Waals surface area (Å²) in [4.78, 5) is 20.8. The van der Waals surface area contributed by atoms with Gasteiger partial charge in [-0.2, -0.15) is 8.78 Å². The molecule has 3 fully saturated rings. The third-order valence-electron chi connectivity index (χ3n) is 8.28. The molecule has 7 rings (SSSR count). The Labute approximate surface area is 233 Å². The Morgan fingerprint density at radius 3 is 2.68 bits per heavy atom. The molecule has 1 N–H and O–H groups in total. The predicted molar refractivity (Wildman–Crippen MR) is 143 cm³/mol. The SMILES string of the molecule is O=c1[nH]c(-c2ccc(N3CC4CC[C@@H](OCc5c(-c6ccccc6OC(F)F)noc5C5CC5)C[C@H]3C4)nc2)no1. The summed E-state index contributed by atoms with van der Waals surface area (Å²) in [5.74, 6) is 2.29. The van der Waals surface area contributed by atoms with Crippen LogP contribution in [0.5, 0.6) is 5.75 Å². The maximum atomic E-state index is 13.1. The molecule has 41 heavy (non-hydrogen) atoms. The highest BCUT2D eigenvalue weighted by molar-refractivity contribution is 5.70. The molecule has 214 valence electrons. The molecule has 0 amide bonds. The summed E-state index contributed by atoms with van der Waals surface area (Å²) in [5, 5.41) is 8.02. The van der Waals surface area contributed by atoms with Crippen molar-refractivity contribution < 1.29 is 27.3 Å². The quantitative estimate of drug-likeness (QED) is 0.280. The van der Waals surface area contributed by atoms with Crippen LogP contribution in [0.25, 0.3) is 22.6 Å². The van der Waals surface area contributed by atoms with Crippen molar-refractivity contribution in [3.8, 4) is 28.4 Å². The highest BCUT2D eigenvalue weighted by Crippen LogP contribution is 2.46. The van der Waals surface area contributed by atoms with Crippen molar-refractivity contribution in [1.82, 2.24) is 20.3 Å². The van der Waals surface area contributed by atoms with E-state index >= 15 is 0 Å². The van der Waals surface area contributed by atoms with Crippen molar-refractivity contribution in [3.05, 3.63) is 64.5 Å². The molecule has 3 atom stereocenters. The Morgan fingerprint density at radius 1 is 1.05 bits per heavy atom. The number of alkyl halides is 2. The lowest BCUT2D eigenvalue weighted by Gasteiger charge is -2.30. The molecule has 10 nitrogen and oxygen atoms in total. The van der Waals surface area contributed by atoms with E-state index < -0.39 is 12.4 Å². The van der Waals surface area contributed by atoms with E-state index in [9.17, 15) is 13.6 Å². The molecule has 1 saturated heterocycles. The number of halogens is 2. The molecule has 12 heteroatoms. The number of fused-ring (bicyclic) bond motifs is 2. The summed E-state index contributed by atoms with van der Waals surface area (Å²) in [6, 6.07) is 10.8. The van der Waals surface area contributed by atoms with Gasteiger partial charge in [-0.25, -0.2) is 9.78 Å². The van der Waals surface area contributed by atoms with Gasteiger partial charge >= 0.3 is 12.4 Å². The average molecular weight is 566 g/mol. The second-order valence-electron chi connectivity index (χ2n) is 11.0. The Hall–Kier alpha value is -4.06. The van der Waals surface area contributed by atoms with Crippen LogP contribution in [-0.4, -0.2) is 45.6 Å². The number of nitrogens with zero attached hydrogens (tertiary/aromatic N) is 4. The van der Waals surface area contributed by atoms with Gasteiger partial charge in [-0.1, -0.05) is 22.4 Å². The first kappa shape index (κ1) is 25.9. The van der Waals surface area contributed by atoms with Crippen molar-refractivity contribution >= 4 is 5.82 Å². The van der Waals surface area contributed by atoms with Gasteiger partial charge in [0, 0.05) is 41.4 Å². The number of pyridine rings is 1. The van der Waals surface area contributed by atoms with E-state index in [0.29, 0.717) is 35.2 Å². The molecule has 4 heterocycles. The summed E-state index contributed by atoms with van der Waals surface area (Å²) >= 11 is 0. The number of hydrogen-bond acceptors (Lipinski definition) is 9. The number of benzene rings is 1. The highest BCUT2D eigenvalue weighted by atomic mass is 19.3. The Kier molecular flexibility index (Phi) is 6.77. The first-order valence-corrected chi connectivity index (χ1v) is 13.9. The maximum Gasteiger partial charge on any atom is 0.439 e. The summed E-state index contributed by atoms with van der Waals surface area (Å²) in [6.07, 6.45) is 7.66. The van der Waals surface area contributed by atoms with Crippen LogP contribution >= 0.6 is 0 Å². The lowest BCUT2D eigenvalue weighted by molar-refractivity contribution is -0.0494. The number of ether oxygens (including phenoxy) is 2. The zero-order valence-corrected chi connectivity index (χ0v) is 22.2. The Morgan fingerprint density at radius 2 is 1.93 bits per heavy atom. The van der Waals surface area contributed by atoms with Crippen molar-refractivity contribution in [2.24, 2.45) is 5.92 Å². The van der Waals surface area contributed by atoms with Gasteiger partial charge in [0.2, 0.25) is 0 Å². The van der Waals surface area contributed by atoms with Crippen LogP contribution in [0, 0.1) is 5.92 Å². The molecule has 0 spiro atoms. The number of hydrogen-bond donors (Lipinski definition) is 1. The first-order valence-electron chi connectivity index (χ1n) is 13.9. The van der Waals surface area contributed by atoms with Crippen LogP contribution < -0.4 is 15.4 Å². The Bertz CT molecular complexity index is 1560. The molecule has 1 aromatic carbocycles. The number of nitrogens with one attached hydrogen (secondary N) is 1. The first-order chi connectivity index (χ1) is 20.0. The predicted octanol–water partition coefficient (Wildman–Crippen LogP) is 5.52. The fraction of sp³-hybridized carbons (Fsp3) is 0.448. The number of aromatic nitrogens is 4. The van der Waals surface area contributed by atoms with Crippen LogP contribution in [0.1, 0.15) is 55.8 Å². The van der Waals surface area contributed by atoms with Gasteiger partial charge < -0.3 is 18.9 Å². The number of rotatable bonds is 9. The summed E-state index contributed by atoms with van der Waals surface area (Å²) in [5.41, 5.74) is 2.46. The van der Waals surface area contributed by atoms with E-state index in [2.05, 4.69) is 29.7 Å². The van der Waals surface area contributed by atoms with E-state index in [1.54, 1.807) is 24.4 Å². The van der Waals surface area contributed by atoms with Crippen LogP contribution in [0.15, 0.2) is 56.4 Å². The molecule has 2 bridgehead atoms. The largest absolute Gasteiger partial charge is 0.439 e. The minimum absolute atomic E-state index is 0.0228. The monoisotopic (exact) mass is 565 g/mol. The van der Waals surface area contributed by atoms with E-state index in [-0.39, 0.29) is 23.8 Å². The van der Waals surface area contributed by atoms with Crippen molar-refractivity contribution in [1.29, 1.82) is 0 Å². The fourth-order valence-electron chi connectivity index (χ4n) is 6.17. The lowest BCUT2D eigenvalue weighted by Crippen LogP contribution is -2.35. The summed E-state index contributed by atoms with van der Waals surface area (Å²) in [6.45, 7) is -1.71. The molecule has 4 aromatic rings. The molecule has 1 aliphatic heterocycles. The molecule has 0 radical (unpaired) electrons. The topological polar surface area (TPSA) is 120 Å². The zero-order chi connectivity index (χ0) is 27.9. The number of H-pyrrole nitrogens is 1. The minimum atomic E-state index is -2.94. The second-order valence-corrected chi connectivity index (χ2v) is 11.0. The van der Waals surface area contributed by atoms with Gasteiger partial charge in [0.1, 0.15) is 23.0 Å². The van der Waals surface area contributed by atoms with Gasteiger partial charge in [-0.3, -0.25) is 9.51 Å². The molecule has 1 unspecified atom stereocenters. The van der Waals surface area contributed by atoms with Gasteiger partial charge in [0.15, 0.2) is 5.82 Å². The van der Waals surface area contributed by atoms with Crippen molar-refractivity contribution in [3.63, 3.8) is 0 Å². The molecular weight excluding hydrogens is 536 g/mol. The average Bonchev–Trinajstić information content (AvgIpc) is 3.45. The third-order valence-corrected chi connectivity index (χ3v) is 8.28. The normalized spacial score (nSPS) is 22.3. The van der Waals surface area contributed by atoms with Gasteiger partial charge in [0.05, 0.1) is 12.7 Å². The highest BCUT2D eigenvalue weighted by Gasteiger charge is 2.39. The van der Waals surface area contributed by atoms with E-state index in [1.807, 2.05) is 12.1 Å². The fourth-order valence-corrected chi connectivity index (χ4v) is 6.17. The van der Waals surface area contributed by atoms with Crippen molar-refractivity contribution in [2.75, 3.05) is 11.4 Å². The number of para-hydroxylation sites is 1. The number of aromatic amines is 1. The van der Waals surface area contributed by atoms with Crippen LogP contribution in [-0.2, 0) is 11.3 Å².